The van der Waals surface area contributed by atoms with Crippen LogP contribution in [-0.2, 0) is 13.1 Å². The van der Waals surface area contributed by atoms with E-state index in [2.05, 4.69) is 17.0 Å². The lowest BCUT2D eigenvalue weighted by molar-refractivity contribution is 0.0696. The van der Waals surface area contributed by atoms with Gasteiger partial charge in [-0.15, -0.1) is 0 Å². The summed E-state index contributed by atoms with van der Waals surface area (Å²) in [6, 6.07) is 23.3. The van der Waals surface area contributed by atoms with E-state index in [1.165, 1.54) is 5.56 Å². The zero-order valence-electron chi connectivity index (χ0n) is 19.7. The van der Waals surface area contributed by atoms with E-state index in [4.69, 9.17) is 14.5 Å². The Morgan fingerprint density at radius 2 is 1.77 bits per heavy atom. The summed E-state index contributed by atoms with van der Waals surface area (Å²) in [6.07, 6.45) is 2.04. The number of carbonyl (C=O) groups is 1. The molecule has 2 heterocycles. The third-order valence-corrected chi connectivity index (χ3v) is 6.31. The maximum absolute atomic E-state index is 12.5. The number of hydrogen-bond donors (Lipinski definition) is 1. The van der Waals surface area contributed by atoms with Gasteiger partial charge in [-0.2, -0.15) is 0 Å². The van der Waals surface area contributed by atoms with Crippen LogP contribution in [0, 0.1) is 0 Å². The second kappa shape index (κ2) is 9.60. The van der Waals surface area contributed by atoms with Gasteiger partial charge in [0, 0.05) is 42.2 Å². The van der Waals surface area contributed by atoms with Crippen LogP contribution in [0.2, 0.25) is 0 Å². The molecule has 0 saturated carbocycles. The molecule has 0 spiro atoms. The van der Waals surface area contributed by atoms with Crippen molar-refractivity contribution in [3.05, 3.63) is 101 Å². The van der Waals surface area contributed by atoms with Gasteiger partial charge in [-0.3, -0.25) is 4.90 Å². The lowest BCUT2D eigenvalue weighted by atomic mass is 9.91. The van der Waals surface area contributed by atoms with Gasteiger partial charge in [0.05, 0.1) is 31.0 Å². The monoisotopic (exact) mass is 466 g/mol. The van der Waals surface area contributed by atoms with Gasteiger partial charge in [-0.25, -0.2) is 9.78 Å². The molecule has 0 radical (unpaired) electrons. The molecule has 1 N–H and O–H groups in total. The topological polar surface area (TPSA) is 71.9 Å². The van der Waals surface area contributed by atoms with Crippen molar-refractivity contribution in [1.29, 1.82) is 0 Å². The van der Waals surface area contributed by atoms with Crippen LogP contribution < -0.4 is 9.47 Å². The fraction of sp³-hybridized carbons (Fsp3) is 0.172. The molecule has 5 rings (SSSR count). The molecule has 1 aliphatic rings. The van der Waals surface area contributed by atoms with E-state index in [0.717, 1.165) is 22.4 Å². The van der Waals surface area contributed by atoms with Gasteiger partial charge < -0.3 is 14.6 Å². The normalized spacial score (nSPS) is 14.6. The van der Waals surface area contributed by atoms with Crippen molar-refractivity contribution in [3.8, 4) is 11.5 Å². The highest BCUT2D eigenvalue weighted by molar-refractivity contribution is 6.06. The molecule has 0 saturated heterocycles. The number of fused-ring (bicyclic) bond motifs is 2. The molecule has 6 heteroatoms. The van der Waals surface area contributed by atoms with Gasteiger partial charge in [0.1, 0.15) is 11.5 Å². The van der Waals surface area contributed by atoms with Gasteiger partial charge >= 0.3 is 5.97 Å². The van der Waals surface area contributed by atoms with E-state index in [1.807, 2.05) is 66.7 Å². The molecule has 0 unspecified atom stereocenters. The average molecular weight is 467 g/mol. The quantitative estimate of drug-likeness (QED) is 0.404. The number of nitrogens with zero attached hydrogens (tertiary/aromatic N) is 2. The Morgan fingerprint density at radius 3 is 2.51 bits per heavy atom. The first-order chi connectivity index (χ1) is 17.1. The number of aromatic nitrogens is 1. The van der Waals surface area contributed by atoms with Crippen LogP contribution >= 0.6 is 0 Å². The van der Waals surface area contributed by atoms with E-state index in [0.29, 0.717) is 47.6 Å². The minimum absolute atomic E-state index is 0.316. The molecule has 0 bridgehead atoms. The summed E-state index contributed by atoms with van der Waals surface area (Å²) in [7, 11) is 3.25. The average Bonchev–Trinajstić information content (AvgIpc) is 2.88. The summed E-state index contributed by atoms with van der Waals surface area (Å²) >= 11 is 0. The van der Waals surface area contributed by atoms with Crippen LogP contribution in [-0.4, -0.2) is 41.7 Å². The first-order valence-electron chi connectivity index (χ1n) is 11.4. The SMILES string of the molecule is COc1ccc(/C=C2\CN(Cc3ccccc3)Cc3c2nc2ccccc2c3C(=O)O)c(OC)c1. The first kappa shape index (κ1) is 22.6. The number of benzene rings is 3. The second-order valence-corrected chi connectivity index (χ2v) is 8.54. The highest BCUT2D eigenvalue weighted by atomic mass is 16.5. The molecule has 1 aromatic heterocycles. The zero-order chi connectivity index (χ0) is 24.4. The summed E-state index contributed by atoms with van der Waals surface area (Å²) in [5.41, 5.74) is 5.44. The Hall–Kier alpha value is -4.16. The zero-order valence-corrected chi connectivity index (χ0v) is 19.7. The van der Waals surface area contributed by atoms with Crippen molar-refractivity contribution in [2.75, 3.05) is 20.8 Å². The lowest BCUT2D eigenvalue weighted by Gasteiger charge is -2.31. The van der Waals surface area contributed by atoms with E-state index in [9.17, 15) is 9.90 Å². The summed E-state index contributed by atoms with van der Waals surface area (Å²) < 4.78 is 11.0. The number of methoxy groups -OCH3 is 2. The molecule has 0 amide bonds. The van der Waals surface area contributed by atoms with E-state index in [-0.39, 0.29) is 0 Å². The highest BCUT2D eigenvalue weighted by Crippen LogP contribution is 2.36. The molecule has 0 fully saturated rings. The molecule has 0 atom stereocenters. The van der Waals surface area contributed by atoms with Crippen molar-refractivity contribution in [2.45, 2.75) is 13.1 Å². The molecule has 0 aliphatic carbocycles. The predicted molar refractivity (Wildman–Crippen MR) is 137 cm³/mol. The maximum atomic E-state index is 12.5. The third kappa shape index (κ3) is 4.48. The van der Waals surface area contributed by atoms with Crippen LogP contribution in [0.5, 0.6) is 11.5 Å². The number of rotatable bonds is 6. The van der Waals surface area contributed by atoms with Gasteiger partial charge in [0.15, 0.2) is 0 Å². The summed E-state index contributed by atoms with van der Waals surface area (Å²) in [5, 5.41) is 10.9. The number of ether oxygens (including phenoxy) is 2. The maximum Gasteiger partial charge on any atom is 0.336 e. The van der Waals surface area contributed by atoms with Gasteiger partial charge in [-0.1, -0.05) is 48.5 Å². The van der Waals surface area contributed by atoms with Crippen molar-refractivity contribution in [1.82, 2.24) is 9.88 Å². The van der Waals surface area contributed by atoms with Crippen molar-refractivity contribution >= 4 is 28.5 Å². The fourth-order valence-electron chi connectivity index (χ4n) is 4.70. The van der Waals surface area contributed by atoms with Crippen LogP contribution in [0.1, 0.15) is 32.7 Å². The Labute approximate surface area is 204 Å². The molecule has 1 aliphatic heterocycles. The minimum atomic E-state index is -0.942. The molecule has 4 aromatic rings. The number of carboxylic acids is 1. The Bertz CT molecular complexity index is 1430. The predicted octanol–water partition coefficient (Wildman–Crippen LogP) is 5.51. The molecule has 35 heavy (non-hydrogen) atoms. The van der Waals surface area contributed by atoms with E-state index in [1.54, 1.807) is 14.2 Å². The molecule has 176 valence electrons. The first-order valence-corrected chi connectivity index (χ1v) is 11.4. The second-order valence-electron chi connectivity index (χ2n) is 8.54. The van der Waals surface area contributed by atoms with E-state index < -0.39 is 5.97 Å². The van der Waals surface area contributed by atoms with Crippen molar-refractivity contribution in [2.24, 2.45) is 0 Å². The Balaban J connectivity index is 1.69. The van der Waals surface area contributed by atoms with Crippen LogP contribution in [0.3, 0.4) is 0 Å². The molecule has 6 nitrogen and oxygen atoms in total. The van der Waals surface area contributed by atoms with Crippen LogP contribution in [0.25, 0.3) is 22.6 Å². The van der Waals surface area contributed by atoms with Crippen LogP contribution in [0.4, 0.5) is 0 Å². The van der Waals surface area contributed by atoms with Crippen LogP contribution in [0.15, 0.2) is 72.8 Å². The standard InChI is InChI=1S/C29H26N2O4/c1-34-22-13-12-20(26(15-22)35-2)14-21-17-31(16-19-8-4-3-5-9-19)18-24-27(29(32)33)23-10-6-7-11-25(23)30-28(21)24/h3-15H,16-18H2,1-2H3,(H,32,33)/b21-14+. The Morgan fingerprint density at radius 1 is 1.00 bits per heavy atom. The van der Waals surface area contributed by atoms with Gasteiger partial charge in [-0.05, 0) is 35.4 Å². The van der Waals surface area contributed by atoms with Gasteiger partial charge in [0.25, 0.3) is 0 Å². The van der Waals surface area contributed by atoms with Gasteiger partial charge in [0.2, 0.25) is 0 Å². The minimum Gasteiger partial charge on any atom is -0.497 e. The summed E-state index contributed by atoms with van der Waals surface area (Å²) in [4.78, 5) is 19.7. The Kier molecular flexibility index (Phi) is 6.21. The smallest absolute Gasteiger partial charge is 0.336 e. The molecular weight excluding hydrogens is 440 g/mol. The van der Waals surface area contributed by atoms with E-state index >= 15 is 0 Å². The summed E-state index contributed by atoms with van der Waals surface area (Å²) in [5.74, 6) is 0.441. The van der Waals surface area contributed by atoms with Crippen molar-refractivity contribution < 1.29 is 19.4 Å². The number of pyridine rings is 1. The molecule has 3 aromatic carbocycles. The largest absolute Gasteiger partial charge is 0.497 e. The third-order valence-electron chi connectivity index (χ3n) is 6.31. The molecular formula is C29H26N2O4. The number of carboxylic acid groups (broad SMARTS) is 1. The highest BCUT2D eigenvalue weighted by Gasteiger charge is 2.28. The fourth-order valence-corrected chi connectivity index (χ4v) is 4.70. The number of para-hydroxylation sites is 1. The number of hydrogen-bond acceptors (Lipinski definition) is 5. The lowest BCUT2D eigenvalue weighted by Crippen LogP contribution is -2.31. The summed E-state index contributed by atoms with van der Waals surface area (Å²) in [6.45, 7) is 1.82. The van der Waals surface area contributed by atoms with Crippen molar-refractivity contribution in [3.63, 3.8) is 0 Å². The number of aromatic carboxylic acids is 1.